The number of halogens is 2. The van der Waals surface area contributed by atoms with Crippen molar-refractivity contribution < 1.29 is 0 Å². The molecule has 86 valence electrons. The molecule has 2 N–H and O–H groups in total. The first-order valence-electron chi connectivity index (χ1n) is 4.87. The Labute approximate surface area is 112 Å². The number of rotatable bonds is 2. The number of amidine groups is 1. The Kier molecular flexibility index (Phi) is 3.76. The highest BCUT2D eigenvalue weighted by molar-refractivity contribution is 9.10. The number of benzene rings is 1. The van der Waals surface area contributed by atoms with E-state index in [0.717, 1.165) is 5.56 Å². The average molecular weight is 311 g/mol. The van der Waals surface area contributed by atoms with Gasteiger partial charge in [0.05, 0.1) is 5.69 Å². The Bertz CT molecular complexity index is 569. The summed E-state index contributed by atoms with van der Waals surface area (Å²) >= 11 is 9.20. The molecule has 2 aromatic rings. The first-order chi connectivity index (χ1) is 8.16. The minimum absolute atomic E-state index is 0.404. The Morgan fingerprint density at radius 3 is 2.82 bits per heavy atom. The van der Waals surface area contributed by atoms with Gasteiger partial charge in [-0.2, -0.15) is 0 Å². The van der Waals surface area contributed by atoms with Gasteiger partial charge in [-0.1, -0.05) is 23.7 Å². The van der Waals surface area contributed by atoms with Crippen LogP contribution in [0, 0.1) is 0 Å². The lowest BCUT2D eigenvalue weighted by Gasteiger charge is -2.02. The van der Waals surface area contributed by atoms with Crippen molar-refractivity contribution in [2.75, 3.05) is 0 Å². The van der Waals surface area contributed by atoms with Gasteiger partial charge in [0.1, 0.15) is 10.4 Å². The molecule has 0 aliphatic rings. The lowest BCUT2D eigenvalue weighted by molar-refractivity contribution is 1.25. The van der Waals surface area contributed by atoms with Crippen LogP contribution in [0.2, 0.25) is 5.02 Å². The first-order valence-corrected chi connectivity index (χ1v) is 6.04. The van der Waals surface area contributed by atoms with Gasteiger partial charge in [0.25, 0.3) is 0 Å². The Morgan fingerprint density at radius 1 is 1.29 bits per heavy atom. The second-order valence-corrected chi connectivity index (χ2v) is 4.51. The van der Waals surface area contributed by atoms with Gasteiger partial charge in [0, 0.05) is 16.8 Å². The summed E-state index contributed by atoms with van der Waals surface area (Å²) in [7, 11) is 0. The third-order valence-electron chi connectivity index (χ3n) is 2.10. The van der Waals surface area contributed by atoms with Gasteiger partial charge < -0.3 is 5.73 Å². The number of nitrogens with two attached hydrogens (primary N) is 1. The fourth-order valence-corrected chi connectivity index (χ4v) is 1.83. The zero-order valence-corrected chi connectivity index (χ0v) is 11.1. The molecule has 2 rings (SSSR count). The van der Waals surface area contributed by atoms with E-state index in [4.69, 9.17) is 17.3 Å². The number of hydrogen-bond acceptors (Lipinski definition) is 2. The van der Waals surface area contributed by atoms with Crippen LogP contribution < -0.4 is 5.73 Å². The molecule has 0 saturated heterocycles. The zero-order chi connectivity index (χ0) is 12.3. The molecule has 0 fully saturated rings. The number of aliphatic imine (C=N–C) groups is 1. The van der Waals surface area contributed by atoms with Gasteiger partial charge in [-0.05, 0) is 40.2 Å². The van der Waals surface area contributed by atoms with Gasteiger partial charge in [-0.3, -0.25) is 0 Å². The van der Waals surface area contributed by atoms with Crippen molar-refractivity contribution in [3.05, 3.63) is 57.8 Å². The van der Waals surface area contributed by atoms with E-state index in [1.165, 1.54) is 0 Å². The highest BCUT2D eigenvalue weighted by Gasteiger charge is 2.02. The average Bonchev–Trinajstić information content (AvgIpc) is 2.32. The van der Waals surface area contributed by atoms with E-state index >= 15 is 0 Å². The van der Waals surface area contributed by atoms with E-state index in [9.17, 15) is 0 Å². The quantitative estimate of drug-likeness (QED) is 0.524. The molecule has 5 heteroatoms. The van der Waals surface area contributed by atoms with Crippen molar-refractivity contribution in [1.82, 2.24) is 4.98 Å². The standard InChI is InChI=1S/C12H9BrClN3/c13-11-10(5-2-6-16-11)17-12(15)8-3-1-4-9(14)7-8/h1-7H,(H2,15,17). The molecule has 0 aliphatic carbocycles. The molecule has 0 radical (unpaired) electrons. The van der Waals surface area contributed by atoms with E-state index in [1.807, 2.05) is 18.2 Å². The van der Waals surface area contributed by atoms with E-state index < -0.39 is 0 Å². The summed E-state index contributed by atoms with van der Waals surface area (Å²) in [6.07, 6.45) is 1.68. The Balaban J connectivity index is 2.38. The second kappa shape index (κ2) is 5.29. The number of hydrogen-bond donors (Lipinski definition) is 1. The van der Waals surface area contributed by atoms with E-state index in [1.54, 1.807) is 24.4 Å². The molecule has 0 atom stereocenters. The number of aromatic nitrogens is 1. The van der Waals surface area contributed by atoms with Crippen molar-refractivity contribution in [2.24, 2.45) is 10.7 Å². The van der Waals surface area contributed by atoms with Gasteiger partial charge in [0.2, 0.25) is 0 Å². The van der Waals surface area contributed by atoms with Crippen LogP contribution in [0.1, 0.15) is 5.56 Å². The van der Waals surface area contributed by atoms with Crippen molar-refractivity contribution in [3.8, 4) is 0 Å². The maximum Gasteiger partial charge on any atom is 0.131 e. The molecule has 0 saturated carbocycles. The fraction of sp³-hybridized carbons (Fsp3) is 0. The van der Waals surface area contributed by atoms with Crippen LogP contribution >= 0.6 is 27.5 Å². The van der Waals surface area contributed by atoms with Gasteiger partial charge in [0.15, 0.2) is 0 Å². The van der Waals surface area contributed by atoms with E-state index in [2.05, 4.69) is 25.9 Å². The molecular weight excluding hydrogens is 302 g/mol. The Morgan fingerprint density at radius 2 is 2.12 bits per heavy atom. The molecule has 0 bridgehead atoms. The van der Waals surface area contributed by atoms with Gasteiger partial charge in [-0.25, -0.2) is 9.98 Å². The highest BCUT2D eigenvalue weighted by Crippen LogP contribution is 2.22. The van der Waals surface area contributed by atoms with Crippen LogP contribution in [0.15, 0.2) is 52.2 Å². The third-order valence-corrected chi connectivity index (χ3v) is 2.95. The summed E-state index contributed by atoms with van der Waals surface area (Å²) in [5.74, 6) is 0.404. The van der Waals surface area contributed by atoms with Gasteiger partial charge in [-0.15, -0.1) is 0 Å². The summed E-state index contributed by atoms with van der Waals surface area (Å²) in [6.45, 7) is 0. The molecule has 0 spiro atoms. The lowest BCUT2D eigenvalue weighted by Crippen LogP contribution is -2.12. The van der Waals surface area contributed by atoms with Gasteiger partial charge >= 0.3 is 0 Å². The summed E-state index contributed by atoms with van der Waals surface area (Å²) < 4.78 is 0.657. The molecule has 1 aromatic carbocycles. The normalized spacial score (nSPS) is 11.5. The zero-order valence-electron chi connectivity index (χ0n) is 8.77. The summed E-state index contributed by atoms with van der Waals surface area (Å²) in [5.41, 5.74) is 7.38. The first kappa shape index (κ1) is 12.1. The molecule has 0 aliphatic heterocycles. The predicted molar refractivity (Wildman–Crippen MR) is 73.8 cm³/mol. The van der Waals surface area contributed by atoms with Crippen molar-refractivity contribution in [1.29, 1.82) is 0 Å². The van der Waals surface area contributed by atoms with Crippen LogP contribution in [0.25, 0.3) is 0 Å². The Hall–Kier alpha value is -1.39. The SMILES string of the molecule is NC(=Nc1cccnc1Br)c1cccc(Cl)c1. The molecule has 0 unspecified atom stereocenters. The number of pyridine rings is 1. The fourth-order valence-electron chi connectivity index (χ4n) is 1.30. The maximum atomic E-state index is 5.91. The number of nitrogens with zero attached hydrogens (tertiary/aromatic N) is 2. The van der Waals surface area contributed by atoms with E-state index in [-0.39, 0.29) is 0 Å². The van der Waals surface area contributed by atoms with Crippen molar-refractivity contribution in [3.63, 3.8) is 0 Å². The van der Waals surface area contributed by atoms with Crippen LogP contribution in [0.3, 0.4) is 0 Å². The smallest absolute Gasteiger partial charge is 0.131 e. The predicted octanol–water partition coefficient (Wildman–Crippen LogP) is 3.53. The molecule has 1 aromatic heterocycles. The maximum absolute atomic E-state index is 5.91. The van der Waals surface area contributed by atoms with Crippen molar-refractivity contribution >= 4 is 39.1 Å². The monoisotopic (exact) mass is 309 g/mol. The topological polar surface area (TPSA) is 51.3 Å². The third kappa shape index (κ3) is 3.05. The van der Waals surface area contributed by atoms with E-state index in [0.29, 0.717) is 21.1 Å². The van der Waals surface area contributed by atoms with Crippen LogP contribution in [-0.4, -0.2) is 10.8 Å². The second-order valence-electron chi connectivity index (χ2n) is 3.32. The molecule has 3 nitrogen and oxygen atoms in total. The lowest BCUT2D eigenvalue weighted by atomic mass is 10.2. The minimum Gasteiger partial charge on any atom is -0.383 e. The summed E-state index contributed by atoms with van der Waals surface area (Å²) in [4.78, 5) is 8.37. The summed E-state index contributed by atoms with van der Waals surface area (Å²) in [5, 5.41) is 0.630. The minimum atomic E-state index is 0.404. The highest BCUT2D eigenvalue weighted by atomic mass is 79.9. The summed E-state index contributed by atoms with van der Waals surface area (Å²) in [6, 6.07) is 10.9. The molecular formula is C12H9BrClN3. The molecule has 1 heterocycles. The molecule has 17 heavy (non-hydrogen) atoms. The van der Waals surface area contributed by atoms with Crippen molar-refractivity contribution in [2.45, 2.75) is 0 Å². The molecule has 0 amide bonds. The largest absolute Gasteiger partial charge is 0.383 e. The van der Waals surface area contributed by atoms with Crippen LogP contribution in [0.5, 0.6) is 0 Å². The van der Waals surface area contributed by atoms with Crippen LogP contribution in [-0.2, 0) is 0 Å². The van der Waals surface area contributed by atoms with Crippen LogP contribution in [0.4, 0.5) is 5.69 Å².